The molecule has 1 aliphatic rings. The van der Waals surface area contributed by atoms with Gasteiger partial charge in [0.15, 0.2) is 0 Å². The van der Waals surface area contributed by atoms with Crippen molar-refractivity contribution in [3.05, 3.63) is 83.7 Å². The van der Waals surface area contributed by atoms with Crippen LogP contribution in [0.3, 0.4) is 0 Å². The Morgan fingerprint density at radius 1 is 0.667 bits per heavy atom. The average molecular weight is 286 g/mol. The van der Waals surface area contributed by atoms with Crippen LogP contribution in [0.25, 0.3) is 0 Å². The highest BCUT2D eigenvalue weighted by Crippen LogP contribution is 2.15. The molecule has 2 nitrogen and oxygen atoms in total. The summed E-state index contributed by atoms with van der Waals surface area (Å²) in [6.45, 7) is 2.27. The Labute approximate surface area is 122 Å². The van der Waals surface area contributed by atoms with Crippen molar-refractivity contribution in [1.29, 1.82) is 0 Å². The van der Waals surface area contributed by atoms with E-state index in [0.29, 0.717) is 0 Å². The van der Waals surface area contributed by atoms with E-state index in [-0.39, 0.29) is 11.6 Å². The molecular weight excluding hydrogens is 270 g/mol. The Kier molecular flexibility index (Phi) is 3.86. The Morgan fingerprint density at radius 3 is 1.43 bits per heavy atom. The molecule has 4 heteroatoms. The van der Waals surface area contributed by atoms with Gasteiger partial charge < -0.3 is 9.80 Å². The summed E-state index contributed by atoms with van der Waals surface area (Å²) >= 11 is 0. The minimum atomic E-state index is -0.214. The zero-order chi connectivity index (χ0) is 14.7. The quantitative estimate of drug-likeness (QED) is 0.845. The lowest BCUT2D eigenvalue weighted by molar-refractivity contribution is 0.254. The van der Waals surface area contributed by atoms with Gasteiger partial charge >= 0.3 is 0 Å². The molecular formula is C17H16F2N2. The molecule has 2 aromatic rings. The van der Waals surface area contributed by atoms with Gasteiger partial charge in [-0.25, -0.2) is 8.78 Å². The highest BCUT2D eigenvalue weighted by Gasteiger charge is 2.12. The second-order valence-corrected chi connectivity index (χ2v) is 5.19. The first-order valence-corrected chi connectivity index (χ1v) is 6.84. The molecule has 0 aliphatic carbocycles. The van der Waals surface area contributed by atoms with Crippen molar-refractivity contribution in [2.24, 2.45) is 0 Å². The standard InChI is InChI=1S/C17H16F2N2/c18-16-5-1-14(2-6-16)11-20-9-10-21(13-20)12-15-3-7-17(19)8-4-15/h1-10H,11-13H2. The van der Waals surface area contributed by atoms with Crippen LogP contribution in [-0.4, -0.2) is 16.5 Å². The third kappa shape index (κ3) is 3.60. The Hall–Kier alpha value is -2.36. The van der Waals surface area contributed by atoms with Crippen LogP contribution in [0.5, 0.6) is 0 Å². The number of benzene rings is 2. The van der Waals surface area contributed by atoms with E-state index in [2.05, 4.69) is 9.80 Å². The van der Waals surface area contributed by atoms with Gasteiger partial charge in [-0.2, -0.15) is 0 Å². The van der Waals surface area contributed by atoms with Crippen LogP contribution >= 0.6 is 0 Å². The van der Waals surface area contributed by atoms with Crippen LogP contribution in [0.2, 0.25) is 0 Å². The SMILES string of the molecule is Fc1ccc(CN2C=CN(Cc3ccc(F)cc3)C2)cc1. The molecule has 0 spiro atoms. The predicted octanol–water partition coefficient (Wildman–Crippen LogP) is 3.71. The molecule has 21 heavy (non-hydrogen) atoms. The van der Waals surface area contributed by atoms with E-state index in [9.17, 15) is 8.78 Å². The summed E-state index contributed by atoms with van der Waals surface area (Å²) < 4.78 is 25.7. The van der Waals surface area contributed by atoms with E-state index >= 15 is 0 Å². The fourth-order valence-electron chi connectivity index (χ4n) is 2.37. The van der Waals surface area contributed by atoms with Gasteiger partial charge in [-0.15, -0.1) is 0 Å². The normalized spacial score (nSPS) is 14.0. The van der Waals surface area contributed by atoms with Crippen molar-refractivity contribution in [3.8, 4) is 0 Å². The lowest BCUT2D eigenvalue weighted by Crippen LogP contribution is -2.24. The van der Waals surface area contributed by atoms with Gasteiger partial charge in [0.25, 0.3) is 0 Å². The number of rotatable bonds is 4. The molecule has 0 saturated heterocycles. The zero-order valence-corrected chi connectivity index (χ0v) is 11.5. The molecule has 0 unspecified atom stereocenters. The third-order valence-electron chi connectivity index (χ3n) is 3.45. The Balaban J connectivity index is 1.55. The van der Waals surface area contributed by atoms with E-state index in [0.717, 1.165) is 30.9 Å². The lowest BCUT2D eigenvalue weighted by atomic mass is 10.2. The molecule has 1 heterocycles. The van der Waals surface area contributed by atoms with Crippen molar-refractivity contribution in [1.82, 2.24) is 9.80 Å². The molecule has 0 amide bonds. The van der Waals surface area contributed by atoms with E-state index in [1.54, 1.807) is 24.3 Å². The first-order valence-electron chi connectivity index (χ1n) is 6.84. The molecule has 0 aromatic heterocycles. The van der Waals surface area contributed by atoms with E-state index in [4.69, 9.17) is 0 Å². The molecule has 0 bridgehead atoms. The maximum absolute atomic E-state index is 12.9. The highest BCUT2D eigenvalue weighted by molar-refractivity contribution is 5.18. The summed E-state index contributed by atoms with van der Waals surface area (Å²) in [6, 6.07) is 13.1. The van der Waals surface area contributed by atoms with Gasteiger partial charge in [0.1, 0.15) is 11.6 Å². The fraction of sp³-hybridized carbons (Fsp3) is 0.176. The van der Waals surface area contributed by atoms with Crippen molar-refractivity contribution < 1.29 is 8.78 Å². The Bertz CT molecular complexity index is 565. The topological polar surface area (TPSA) is 6.48 Å². The molecule has 1 aliphatic heterocycles. The molecule has 108 valence electrons. The lowest BCUT2D eigenvalue weighted by Gasteiger charge is -2.21. The second kappa shape index (κ2) is 5.95. The summed E-state index contributed by atoms with van der Waals surface area (Å²) in [7, 11) is 0. The van der Waals surface area contributed by atoms with Crippen LogP contribution in [0.15, 0.2) is 60.9 Å². The molecule has 0 N–H and O–H groups in total. The first kappa shape index (κ1) is 13.6. The largest absolute Gasteiger partial charge is 0.354 e. The van der Waals surface area contributed by atoms with Crippen LogP contribution < -0.4 is 0 Å². The van der Waals surface area contributed by atoms with Crippen LogP contribution in [0.4, 0.5) is 8.78 Å². The fourth-order valence-corrected chi connectivity index (χ4v) is 2.37. The summed E-state index contributed by atoms with van der Waals surface area (Å²) in [6.07, 6.45) is 4.04. The van der Waals surface area contributed by atoms with Gasteiger partial charge in [-0.1, -0.05) is 24.3 Å². The zero-order valence-electron chi connectivity index (χ0n) is 11.5. The third-order valence-corrected chi connectivity index (χ3v) is 3.45. The molecule has 0 saturated carbocycles. The molecule has 3 rings (SSSR count). The van der Waals surface area contributed by atoms with Gasteiger partial charge in [0.2, 0.25) is 0 Å². The van der Waals surface area contributed by atoms with Crippen LogP contribution in [0, 0.1) is 11.6 Å². The summed E-state index contributed by atoms with van der Waals surface area (Å²) in [5, 5.41) is 0. The number of hydrogen-bond donors (Lipinski definition) is 0. The highest BCUT2D eigenvalue weighted by atomic mass is 19.1. The minimum Gasteiger partial charge on any atom is -0.354 e. The van der Waals surface area contributed by atoms with E-state index in [1.807, 2.05) is 12.4 Å². The molecule has 0 radical (unpaired) electrons. The Morgan fingerprint density at radius 2 is 1.05 bits per heavy atom. The maximum Gasteiger partial charge on any atom is 0.123 e. The summed E-state index contributed by atoms with van der Waals surface area (Å²) in [5.41, 5.74) is 2.15. The van der Waals surface area contributed by atoms with Crippen LogP contribution in [0.1, 0.15) is 11.1 Å². The van der Waals surface area contributed by atoms with Gasteiger partial charge in [0, 0.05) is 25.5 Å². The summed E-state index contributed by atoms with van der Waals surface area (Å²) in [5.74, 6) is -0.428. The maximum atomic E-state index is 12.9. The van der Waals surface area contributed by atoms with Crippen molar-refractivity contribution in [3.63, 3.8) is 0 Å². The number of nitrogens with zero attached hydrogens (tertiary/aromatic N) is 2. The second-order valence-electron chi connectivity index (χ2n) is 5.19. The van der Waals surface area contributed by atoms with Crippen molar-refractivity contribution in [2.75, 3.05) is 6.67 Å². The van der Waals surface area contributed by atoms with E-state index in [1.165, 1.54) is 24.3 Å². The first-order chi connectivity index (χ1) is 10.2. The number of hydrogen-bond acceptors (Lipinski definition) is 2. The molecule has 2 aromatic carbocycles. The monoisotopic (exact) mass is 286 g/mol. The predicted molar refractivity (Wildman–Crippen MR) is 77.9 cm³/mol. The molecule has 0 fully saturated rings. The van der Waals surface area contributed by atoms with Crippen molar-refractivity contribution >= 4 is 0 Å². The molecule has 0 atom stereocenters. The smallest absolute Gasteiger partial charge is 0.123 e. The summed E-state index contributed by atoms with van der Waals surface area (Å²) in [4.78, 5) is 4.30. The average Bonchev–Trinajstić information content (AvgIpc) is 2.91. The van der Waals surface area contributed by atoms with Crippen LogP contribution in [-0.2, 0) is 13.1 Å². The van der Waals surface area contributed by atoms with Gasteiger partial charge in [-0.05, 0) is 35.4 Å². The van der Waals surface area contributed by atoms with Gasteiger partial charge in [0.05, 0.1) is 6.67 Å². The minimum absolute atomic E-state index is 0.214. The van der Waals surface area contributed by atoms with E-state index < -0.39 is 0 Å². The van der Waals surface area contributed by atoms with Gasteiger partial charge in [-0.3, -0.25) is 0 Å². The van der Waals surface area contributed by atoms with Crippen molar-refractivity contribution in [2.45, 2.75) is 13.1 Å². The number of halogens is 2.